The first-order valence-electron chi connectivity index (χ1n) is 11.1. The smallest absolute Gasteiger partial charge is 0.407 e. The molecule has 3 unspecified atom stereocenters. The van der Waals surface area contributed by atoms with Crippen LogP contribution in [0.3, 0.4) is 0 Å². The molecular weight excluding hydrogens is 386 g/mol. The number of allylic oxidation sites excluding steroid dienone is 2. The van der Waals surface area contributed by atoms with Gasteiger partial charge in [0.15, 0.2) is 0 Å². The Morgan fingerprint density at radius 2 is 2.07 bits per heavy atom. The average Bonchev–Trinajstić information content (AvgIpc) is 3.16. The van der Waals surface area contributed by atoms with Crippen molar-refractivity contribution in [2.24, 2.45) is 22.7 Å². The molecule has 1 aliphatic heterocycles. The summed E-state index contributed by atoms with van der Waals surface area (Å²) >= 11 is 0. The van der Waals surface area contributed by atoms with E-state index in [1.54, 1.807) is 4.90 Å². The lowest BCUT2D eigenvalue weighted by Crippen LogP contribution is -2.30. The van der Waals surface area contributed by atoms with Crippen LogP contribution in [-0.2, 0) is 9.53 Å². The third-order valence-electron chi connectivity index (χ3n) is 6.21. The number of nitrogens with two attached hydrogens (primary N) is 1. The van der Waals surface area contributed by atoms with Crippen molar-refractivity contribution >= 4 is 12.0 Å². The fourth-order valence-corrected chi connectivity index (χ4v) is 4.03. The summed E-state index contributed by atoms with van der Waals surface area (Å²) in [6, 6.07) is 0. The Bertz CT molecular complexity index is 625. The third kappa shape index (κ3) is 7.93. The lowest BCUT2D eigenvalue weighted by Gasteiger charge is -2.26. The van der Waals surface area contributed by atoms with E-state index in [4.69, 9.17) is 16.0 Å². The summed E-state index contributed by atoms with van der Waals surface area (Å²) < 4.78 is 5.41. The van der Waals surface area contributed by atoms with Crippen molar-refractivity contribution in [1.82, 2.24) is 10.2 Å². The zero-order chi connectivity index (χ0) is 21.9. The minimum Gasteiger partial charge on any atom is -0.449 e. The van der Waals surface area contributed by atoms with E-state index in [0.717, 1.165) is 32.1 Å². The van der Waals surface area contributed by atoms with Gasteiger partial charge in [-0.15, -0.1) is 0 Å². The number of carbonyl (C=O) groups is 2. The number of hydrogen-bond acceptors (Lipinski definition) is 7. The number of β-amino-alcohol motifs (C(OH)–C–C–N with tert-alkyl or cyclic N) is 1. The van der Waals surface area contributed by atoms with Crippen LogP contribution in [0.15, 0.2) is 16.5 Å². The van der Waals surface area contributed by atoms with E-state index in [-0.39, 0.29) is 17.9 Å². The van der Waals surface area contributed by atoms with Crippen molar-refractivity contribution in [1.29, 1.82) is 5.53 Å². The van der Waals surface area contributed by atoms with Gasteiger partial charge in [-0.2, -0.15) is 5.11 Å². The second kappa shape index (κ2) is 12.5. The zero-order valence-corrected chi connectivity index (χ0v) is 18.1. The van der Waals surface area contributed by atoms with Gasteiger partial charge < -0.3 is 25.8 Å². The van der Waals surface area contributed by atoms with Crippen LogP contribution >= 0.6 is 0 Å². The van der Waals surface area contributed by atoms with Gasteiger partial charge in [0, 0.05) is 31.8 Å². The van der Waals surface area contributed by atoms with E-state index >= 15 is 0 Å². The minimum atomic E-state index is -0.406. The quantitative estimate of drug-likeness (QED) is 0.333. The standard InChI is InChI=1S/C21H37N5O4/c1-15-6-9-19(25-23)18(22)8-7-16(15)14-30-21(29)24-11-4-2-3-5-20(28)26-12-10-17(27)13-26/h15-17,23,27H,2-14,22H2,1H3,(H,24,29)/b19-18-,25-23?. The van der Waals surface area contributed by atoms with Gasteiger partial charge in [0.2, 0.25) is 5.91 Å². The maximum absolute atomic E-state index is 12.0. The molecule has 1 aliphatic carbocycles. The molecule has 30 heavy (non-hydrogen) atoms. The van der Waals surface area contributed by atoms with E-state index in [1.807, 2.05) is 0 Å². The van der Waals surface area contributed by atoms with Gasteiger partial charge in [-0.05, 0) is 56.8 Å². The highest BCUT2D eigenvalue weighted by Crippen LogP contribution is 2.29. The first-order chi connectivity index (χ1) is 14.4. The van der Waals surface area contributed by atoms with Crippen LogP contribution in [0.5, 0.6) is 0 Å². The third-order valence-corrected chi connectivity index (χ3v) is 6.21. The maximum atomic E-state index is 12.0. The molecule has 2 rings (SSSR count). The van der Waals surface area contributed by atoms with Gasteiger partial charge in [-0.1, -0.05) is 13.3 Å². The number of likely N-dealkylation sites (tertiary alicyclic amines) is 1. The molecule has 2 aliphatic rings. The molecule has 0 radical (unpaired) electrons. The van der Waals surface area contributed by atoms with Gasteiger partial charge in [0.1, 0.15) is 0 Å². The average molecular weight is 424 g/mol. The molecule has 1 heterocycles. The monoisotopic (exact) mass is 423 g/mol. The summed E-state index contributed by atoms with van der Waals surface area (Å²) in [7, 11) is 0. The van der Waals surface area contributed by atoms with Gasteiger partial charge in [0.25, 0.3) is 0 Å². The molecule has 9 heteroatoms. The van der Waals surface area contributed by atoms with Crippen LogP contribution in [0.25, 0.3) is 0 Å². The van der Waals surface area contributed by atoms with Crippen LogP contribution in [0.2, 0.25) is 0 Å². The number of unbranched alkanes of at least 4 members (excludes halogenated alkanes) is 2. The van der Waals surface area contributed by atoms with Gasteiger partial charge >= 0.3 is 6.09 Å². The first-order valence-corrected chi connectivity index (χ1v) is 11.1. The fourth-order valence-electron chi connectivity index (χ4n) is 4.03. The summed E-state index contributed by atoms with van der Waals surface area (Å²) in [4.78, 5) is 25.7. The van der Waals surface area contributed by atoms with E-state index in [0.29, 0.717) is 69.2 Å². The van der Waals surface area contributed by atoms with Crippen LogP contribution < -0.4 is 11.1 Å². The van der Waals surface area contributed by atoms with E-state index in [1.165, 1.54) is 0 Å². The largest absolute Gasteiger partial charge is 0.449 e. The zero-order valence-electron chi connectivity index (χ0n) is 18.1. The highest BCUT2D eigenvalue weighted by atomic mass is 16.5. The van der Waals surface area contributed by atoms with Crippen molar-refractivity contribution < 1.29 is 19.4 Å². The summed E-state index contributed by atoms with van der Waals surface area (Å²) in [6.07, 6.45) is 5.88. The molecule has 0 bridgehead atoms. The molecule has 0 aromatic carbocycles. The SMILES string of the molecule is CC1CC/C(N=N)=C(/N)CCC1COC(=O)NCCCCCC(=O)N1CCC(O)C1. The van der Waals surface area contributed by atoms with Crippen LogP contribution in [0.1, 0.15) is 64.7 Å². The van der Waals surface area contributed by atoms with Gasteiger partial charge in [-0.3, -0.25) is 4.79 Å². The number of ether oxygens (including phenoxy) is 1. The number of nitrogens with one attached hydrogen (secondary N) is 2. The first kappa shape index (κ1) is 24.1. The molecule has 0 aromatic rings. The van der Waals surface area contributed by atoms with Crippen molar-refractivity contribution in [3.63, 3.8) is 0 Å². The number of aliphatic hydroxyl groups excluding tert-OH is 1. The predicted molar refractivity (Wildman–Crippen MR) is 113 cm³/mol. The number of nitrogens with zero attached hydrogens (tertiary/aromatic N) is 2. The molecule has 2 amide bonds. The lowest BCUT2D eigenvalue weighted by molar-refractivity contribution is -0.130. The molecule has 170 valence electrons. The van der Waals surface area contributed by atoms with Crippen molar-refractivity contribution in [3.05, 3.63) is 11.4 Å². The Kier molecular flexibility index (Phi) is 10.1. The van der Waals surface area contributed by atoms with E-state index < -0.39 is 6.09 Å². The summed E-state index contributed by atoms with van der Waals surface area (Å²) in [5.41, 5.74) is 14.6. The number of aliphatic hydroxyl groups is 1. The Balaban J connectivity index is 1.55. The number of carbonyl (C=O) groups excluding carboxylic acids is 2. The summed E-state index contributed by atoms with van der Waals surface area (Å²) in [6.45, 7) is 4.13. The Morgan fingerprint density at radius 3 is 2.77 bits per heavy atom. The molecule has 1 saturated heterocycles. The van der Waals surface area contributed by atoms with Crippen molar-refractivity contribution in [3.8, 4) is 0 Å². The van der Waals surface area contributed by atoms with Crippen molar-refractivity contribution in [2.45, 2.75) is 70.8 Å². The summed E-state index contributed by atoms with van der Waals surface area (Å²) in [5.74, 6) is 0.722. The molecule has 0 aromatic heterocycles. The number of alkyl carbamates (subject to hydrolysis) is 1. The van der Waals surface area contributed by atoms with E-state index in [9.17, 15) is 14.7 Å². The van der Waals surface area contributed by atoms with Crippen LogP contribution in [0.4, 0.5) is 4.79 Å². The topological polar surface area (TPSA) is 141 Å². The lowest BCUT2D eigenvalue weighted by atomic mass is 9.84. The molecule has 0 spiro atoms. The predicted octanol–water partition coefficient (Wildman–Crippen LogP) is 2.89. The highest BCUT2D eigenvalue weighted by molar-refractivity contribution is 5.76. The van der Waals surface area contributed by atoms with Crippen LogP contribution in [-0.4, -0.2) is 54.4 Å². The Labute approximate surface area is 178 Å². The highest BCUT2D eigenvalue weighted by Gasteiger charge is 2.24. The van der Waals surface area contributed by atoms with E-state index in [2.05, 4.69) is 17.4 Å². The van der Waals surface area contributed by atoms with Gasteiger partial charge in [-0.25, -0.2) is 10.3 Å². The number of hydrogen-bond donors (Lipinski definition) is 4. The molecular formula is C21H37N5O4. The molecule has 3 atom stereocenters. The molecule has 9 nitrogen and oxygen atoms in total. The number of rotatable bonds is 9. The minimum absolute atomic E-state index is 0.103. The fraction of sp³-hybridized carbons (Fsp3) is 0.810. The van der Waals surface area contributed by atoms with Crippen LogP contribution in [0, 0.1) is 17.4 Å². The molecule has 1 fully saturated rings. The summed E-state index contributed by atoms with van der Waals surface area (Å²) in [5, 5.41) is 15.8. The second-order valence-electron chi connectivity index (χ2n) is 8.52. The van der Waals surface area contributed by atoms with Gasteiger partial charge in [0.05, 0.1) is 18.4 Å². The van der Waals surface area contributed by atoms with Crippen molar-refractivity contribution in [2.75, 3.05) is 26.2 Å². The normalized spacial score (nSPS) is 27.3. The number of amides is 2. The molecule has 5 N–H and O–H groups in total. The maximum Gasteiger partial charge on any atom is 0.407 e. The Morgan fingerprint density at radius 1 is 1.27 bits per heavy atom. The molecule has 0 saturated carbocycles. The Hall–Kier alpha value is -2.16. The second-order valence-corrected chi connectivity index (χ2v) is 8.52.